The summed E-state index contributed by atoms with van der Waals surface area (Å²) in [5, 5.41) is 12.3. The van der Waals surface area contributed by atoms with Gasteiger partial charge in [0.2, 0.25) is 0 Å². The summed E-state index contributed by atoms with van der Waals surface area (Å²) in [7, 11) is 0. The maximum atomic E-state index is 11.0. The Kier molecular flexibility index (Phi) is 4.02. The van der Waals surface area contributed by atoms with Crippen molar-refractivity contribution in [2.45, 2.75) is 51.1 Å². The van der Waals surface area contributed by atoms with Crippen LogP contribution in [0.25, 0.3) is 0 Å². The Balaban J connectivity index is 2.09. The molecular weight excluding hydrogens is 226 g/mol. The first-order valence-corrected chi connectivity index (χ1v) is 6.66. The van der Waals surface area contributed by atoms with Crippen LogP contribution in [0.4, 0.5) is 0 Å². The Morgan fingerprint density at radius 3 is 2.50 bits per heavy atom. The van der Waals surface area contributed by atoms with Gasteiger partial charge in [-0.25, -0.2) is 0 Å². The van der Waals surface area contributed by atoms with Gasteiger partial charge in [0, 0.05) is 6.04 Å². The third-order valence-electron chi connectivity index (χ3n) is 3.69. The van der Waals surface area contributed by atoms with Gasteiger partial charge in [-0.3, -0.25) is 10.1 Å². The van der Waals surface area contributed by atoms with E-state index >= 15 is 0 Å². The molecule has 98 valence electrons. The molecule has 18 heavy (non-hydrogen) atoms. The van der Waals surface area contributed by atoms with E-state index in [0.717, 1.165) is 19.3 Å². The van der Waals surface area contributed by atoms with E-state index in [4.69, 9.17) is 5.11 Å². The first kappa shape index (κ1) is 13.1. The van der Waals surface area contributed by atoms with E-state index < -0.39 is 12.0 Å². The number of aliphatic carboxylic acids is 1. The van der Waals surface area contributed by atoms with Gasteiger partial charge in [0.1, 0.15) is 6.04 Å². The van der Waals surface area contributed by atoms with Gasteiger partial charge in [-0.15, -0.1) is 0 Å². The van der Waals surface area contributed by atoms with Crippen LogP contribution in [0.5, 0.6) is 0 Å². The molecule has 0 amide bonds. The standard InChI is InChI=1S/C15H21NO2/c1-10(2)11-6-8-12(9-7-11)13-4-3-5-14(16-13)15(17)18/h6-10,13-14,16H,3-5H2,1-2H3,(H,17,18). The molecular formula is C15H21NO2. The van der Waals surface area contributed by atoms with Gasteiger partial charge >= 0.3 is 5.97 Å². The third kappa shape index (κ3) is 2.91. The molecule has 1 aromatic rings. The second-order valence-electron chi connectivity index (χ2n) is 5.36. The van der Waals surface area contributed by atoms with Crippen molar-refractivity contribution in [2.75, 3.05) is 0 Å². The Morgan fingerprint density at radius 1 is 1.28 bits per heavy atom. The summed E-state index contributed by atoms with van der Waals surface area (Å²) in [6.45, 7) is 4.35. The number of carboxylic acid groups (broad SMARTS) is 1. The van der Waals surface area contributed by atoms with Crippen LogP contribution in [-0.2, 0) is 4.79 Å². The average Bonchev–Trinajstić information content (AvgIpc) is 2.39. The van der Waals surface area contributed by atoms with E-state index in [0.29, 0.717) is 5.92 Å². The van der Waals surface area contributed by atoms with E-state index in [9.17, 15) is 4.79 Å². The van der Waals surface area contributed by atoms with Crippen molar-refractivity contribution in [1.29, 1.82) is 0 Å². The zero-order valence-corrected chi connectivity index (χ0v) is 11.0. The van der Waals surface area contributed by atoms with E-state index in [2.05, 4.69) is 43.4 Å². The Bertz CT molecular complexity index is 411. The highest BCUT2D eigenvalue weighted by molar-refractivity contribution is 5.73. The monoisotopic (exact) mass is 247 g/mol. The summed E-state index contributed by atoms with van der Waals surface area (Å²) in [6.07, 6.45) is 2.72. The van der Waals surface area contributed by atoms with Crippen LogP contribution in [0.2, 0.25) is 0 Å². The average molecular weight is 247 g/mol. The molecule has 2 rings (SSSR count). The van der Waals surface area contributed by atoms with Crippen LogP contribution >= 0.6 is 0 Å². The molecule has 0 saturated carbocycles. The summed E-state index contributed by atoms with van der Waals surface area (Å²) >= 11 is 0. The van der Waals surface area contributed by atoms with E-state index in [-0.39, 0.29) is 6.04 Å². The molecule has 0 aliphatic carbocycles. The lowest BCUT2D eigenvalue weighted by atomic mass is 9.92. The van der Waals surface area contributed by atoms with Gasteiger partial charge in [0.25, 0.3) is 0 Å². The molecule has 0 bridgehead atoms. The summed E-state index contributed by atoms with van der Waals surface area (Å²) < 4.78 is 0. The maximum Gasteiger partial charge on any atom is 0.320 e. The quantitative estimate of drug-likeness (QED) is 0.863. The number of nitrogens with one attached hydrogen (secondary N) is 1. The number of rotatable bonds is 3. The molecule has 1 fully saturated rings. The Labute approximate surface area is 108 Å². The number of hydrogen-bond acceptors (Lipinski definition) is 2. The Morgan fingerprint density at radius 2 is 1.94 bits per heavy atom. The lowest BCUT2D eigenvalue weighted by Gasteiger charge is -2.29. The summed E-state index contributed by atoms with van der Waals surface area (Å²) in [5.41, 5.74) is 2.52. The third-order valence-corrected chi connectivity index (χ3v) is 3.69. The lowest BCUT2D eigenvalue weighted by molar-refractivity contribution is -0.140. The van der Waals surface area contributed by atoms with E-state index in [1.165, 1.54) is 11.1 Å². The van der Waals surface area contributed by atoms with Gasteiger partial charge in [0.05, 0.1) is 0 Å². The van der Waals surface area contributed by atoms with Crippen molar-refractivity contribution >= 4 is 5.97 Å². The van der Waals surface area contributed by atoms with Crippen LogP contribution < -0.4 is 5.32 Å². The summed E-state index contributed by atoms with van der Waals surface area (Å²) in [6, 6.07) is 8.32. The van der Waals surface area contributed by atoms with Crippen molar-refractivity contribution in [3.05, 3.63) is 35.4 Å². The van der Waals surface area contributed by atoms with Crippen LogP contribution in [0.15, 0.2) is 24.3 Å². The predicted molar refractivity (Wildman–Crippen MR) is 71.7 cm³/mol. The highest BCUT2D eigenvalue weighted by atomic mass is 16.4. The van der Waals surface area contributed by atoms with Crippen LogP contribution in [0.1, 0.15) is 56.2 Å². The van der Waals surface area contributed by atoms with Crippen molar-refractivity contribution in [3.63, 3.8) is 0 Å². The second-order valence-corrected chi connectivity index (χ2v) is 5.36. The first-order valence-electron chi connectivity index (χ1n) is 6.66. The van der Waals surface area contributed by atoms with Crippen LogP contribution in [-0.4, -0.2) is 17.1 Å². The minimum Gasteiger partial charge on any atom is -0.480 e. The molecule has 3 heteroatoms. The molecule has 1 heterocycles. The van der Waals surface area contributed by atoms with Crippen LogP contribution in [0, 0.1) is 0 Å². The minimum absolute atomic E-state index is 0.182. The minimum atomic E-state index is -0.737. The molecule has 2 atom stereocenters. The maximum absolute atomic E-state index is 11.0. The number of carbonyl (C=O) groups is 1. The molecule has 0 spiro atoms. The van der Waals surface area contributed by atoms with Crippen LogP contribution in [0.3, 0.4) is 0 Å². The van der Waals surface area contributed by atoms with E-state index in [1.807, 2.05) is 0 Å². The fourth-order valence-electron chi connectivity index (χ4n) is 2.51. The molecule has 1 aliphatic heterocycles. The molecule has 1 aromatic carbocycles. The molecule has 3 nitrogen and oxygen atoms in total. The predicted octanol–water partition coefficient (Wildman–Crippen LogP) is 3.08. The van der Waals surface area contributed by atoms with Gasteiger partial charge < -0.3 is 5.11 Å². The zero-order chi connectivity index (χ0) is 13.1. The lowest BCUT2D eigenvalue weighted by Crippen LogP contribution is -2.42. The number of benzene rings is 1. The van der Waals surface area contributed by atoms with Crippen molar-refractivity contribution < 1.29 is 9.90 Å². The molecule has 2 unspecified atom stereocenters. The molecule has 2 N–H and O–H groups in total. The molecule has 1 aliphatic rings. The highest BCUT2D eigenvalue weighted by Crippen LogP contribution is 2.26. The zero-order valence-electron chi connectivity index (χ0n) is 11.0. The highest BCUT2D eigenvalue weighted by Gasteiger charge is 2.26. The fraction of sp³-hybridized carbons (Fsp3) is 0.533. The second kappa shape index (κ2) is 5.53. The Hall–Kier alpha value is -1.35. The van der Waals surface area contributed by atoms with Gasteiger partial charge in [-0.2, -0.15) is 0 Å². The number of carboxylic acids is 1. The van der Waals surface area contributed by atoms with Gasteiger partial charge in [0.15, 0.2) is 0 Å². The molecule has 0 aromatic heterocycles. The summed E-state index contributed by atoms with van der Waals surface area (Å²) in [5.74, 6) is -0.205. The van der Waals surface area contributed by atoms with Gasteiger partial charge in [-0.05, 0) is 36.3 Å². The van der Waals surface area contributed by atoms with Crippen molar-refractivity contribution in [3.8, 4) is 0 Å². The largest absolute Gasteiger partial charge is 0.480 e. The fourth-order valence-corrected chi connectivity index (χ4v) is 2.51. The normalized spacial score (nSPS) is 24.2. The molecule has 1 saturated heterocycles. The number of piperidine rings is 1. The smallest absolute Gasteiger partial charge is 0.320 e. The SMILES string of the molecule is CC(C)c1ccc(C2CCCC(C(=O)O)N2)cc1. The van der Waals surface area contributed by atoms with Crippen molar-refractivity contribution in [2.24, 2.45) is 0 Å². The summed E-state index contributed by atoms with van der Waals surface area (Å²) in [4.78, 5) is 11.0. The van der Waals surface area contributed by atoms with Crippen molar-refractivity contribution in [1.82, 2.24) is 5.32 Å². The topological polar surface area (TPSA) is 49.3 Å². The number of hydrogen-bond donors (Lipinski definition) is 2. The van der Waals surface area contributed by atoms with E-state index in [1.54, 1.807) is 0 Å². The first-order chi connectivity index (χ1) is 8.58. The van der Waals surface area contributed by atoms with Gasteiger partial charge in [-0.1, -0.05) is 38.1 Å². The molecule has 0 radical (unpaired) electrons.